The van der Waals surface area contributed by atoms with E-state index in [-0.39, 0.29) is 0 Å². The highest BCUT2D eigenvalue weighted by Gasteiger charge is 2.30. The summed E-state index contributed by atoms with van der Waals surface area (Å²) in [4.78, 5) is 9.36. The van der Waals surface area contributed by atoms with Crippen molar-refractivity contribution in [1.29, 1.82) is 0 Å². The number of aromatic nitrogens is 2. The summed E-state index contributed by atoms with van der Waals surface area (Å²) in [5.41, 5.74) is 1.89. The first kappa shape index (κ1) is 21.8. The molecule has 1 aliphatic carbocycles. The fourth-order valence-corrected chi connectivity index (χ4v) is 4.79. The van der Waals surface area contributed by atoms with Crippen molar-refractivity contribution in [2.24, 2.45) is 0 Å². The molecular formula is C22H30F3N3Si. The summed E-state index contributed by atoms with van der Waals surface area (Å²) in [6.07, 6.45) is 1.06. The van der Waals surface area contributed by atoms with Crippen LogP contribution in [0, 0.1) is 6.92 Å². The molecule has 2 aromatic rings. The maximum absolute atomic E-state index is 13.0. The molecule has 3 rings (SSSR count). The number of anilines is 1. The SMILES string of the molecule is Cc1nc(CC[Si](C)(C)C)c(-c2ccc(C(F)(F)F)cc2)c(NC2CCCC2)n1. The first-order chi connectivity index (χ1) is 13.5. The smallest absolute Gasteiger partial charge is 0.367 e. The molecule has 3 nitrogen and oxygen atoms in total. The topological polar surface area (TPSA) is 37.8 Å². The summed E-state index contributed by atoms with van der Waals surface area (Å²) in [7, 11) is -1.30. The second kappa shape index (κ2) is 8.46. The standard InChI is InChI=1S/C22H30F3N3Si/c1-15-26-19(13-14-29(2,3)4)20(21(27-15)28-18-7-5-6-8-18)16-9-11-17(12-10-16)22(23,24)25/h9-12,18H,5-8,13-14H2,1-4H3,(H,26,27,28). The monoisotopic (exact) mass is 421 g/mol. The minimum atomic E-state index is -4.34. The summed E-state index contributed by atoms with van der Waals surface area (Å²) >= 11 is 0. The average Bonchev–Trinajstić information content (AvgIpc) is 3.11. The van der Waals surface area contributed by atoms with Gasteiger partial charge >= 0.3 is 6.18 Å². The van der Waals surface area contributed by atoms with Crippen LogP contribution >= 0.6 is 0 Å². The van der Waals surface area contributed by atoms with Crippen molar-refractivity contribution in [3.05, 3.63) is 41.3 Å². The lowest BCUT2D eigenvalue weighted by molar-refractivity contribution is -0.137. The molecule has 1 fully saturated rings. The van der Waals surface area contributed by atoms with E-state index in [0.717, 1.165) is 60.1 Å². The maximum atomic E-state index is 13.0. The van der Waals surface area contributed by atoms with Crippen LogP contribution in [0.15, 0.2) is 24.3 Å². The predicted octanol–water partition coefficient (Wildman–Crippen LogP) is 6.71. The summed E-state index contributed by atoms with van der Waals surface area (Å²) in [6, 6.07) is 6.83. The zero-order valence-electron chi connectivity index (χ0n) is 17.7. The van der Waals surface area contributed by atoms with Gasteiger partial charge in [0.2, 0.25) is 0 Å². The van der Waals surface area contributed by atoms with Gasteiger partial charge in [-0.15, -0.1) is 0 Å². The van der Waals surface area contributed by atoms with Crippen LogP contribution in [-0.4, -0.2) is 24.1 Å². The summed E-state index contributed by atoms with van der Waals surface area (Å²) < 4.78 is 39.1. The molecule has 0 bridgehead atoms. The number of hydrogen-bond acceptors (Lipinski definition) is 3. The quantitative estimate of drug-likeness (QED) is 0.527. The van der Waals surface area contributed by atoms with Gasteiger partial charge in [0.25, 0.3) is 0 Å². The van der Waals surface area contributed by atoms with Crippen molar-refractivity contribution in [3.8, 4) is 11.1 Å². The molecule has 1 heterocycles. The summed E-state index contributed by atoms with van der Waals surface area (Å²) in [5, 5.41) is 3.57. The molecule has 158 valence electrons. The molecular weight excluding hydrogens is 391 g/mol. The maximum Gasteiger partial charge on any atom is 0.416 e. The molecule has 1 aromatic heterocycles. The Morgan fingerprint density at radius 1 is 1.03 bits per heavy atom. The zero-order valence-corrected chi connectivity index (χ0v) is 18.7. The van der Waals surface area contributed by atoms with Crippen LogP contribution in [0.1, 0.15) is 42.8 Å². The first-order valence-electron chi connectivity index (χ1n) is 10.3. The van der Waals surface area contributed by atoms with Crippen LogP contribution in [0.4, 0.5) is 19.0 Å². The van der Waals surface area contributed by atoms with Crippen LogP contribution in [-0.2, 0) is 12.6 Å². The number of rotatable bonds is 6. The number of halogens is 3. The van der Waals surface area contributed by atoms with Crippen molar-refractivity contribution < 1.29 is 13.2 Å². The molecule has 0 radical (unpaired) electrons. The Bertz CT molecular complexity index is 836. The van der Waals surface area contributed by atoms with Gasteiger partial charge in [-0.05, 0) is 43.9 Å². The molecule has 0 aliphatic heterocycles. The van der Waals surface area contributed by atoms with Gasteiger partial charge in [-0.25, -0.2) is 9.97 Å². The molecule has 1 N–H and O–H groups in total. The van der Waals surface area contributed by atoms with E-state index < -0.39 is 19.8 Å². The lowest BCUT2D eigenvalue weighted by atomic mass is 10.0. The van der Waals surface area contributed by atoms with Crippen molar-refractivity contribution in [2.45, 2.75) is 76.9 Å². The van der Waals surface area contributed by atoms with Gasteiger partial charge in [-0.1, -0.05) is 50.7 Å². The molecule has 0 unspecified atom stereocenters. The number of aryl methyl sites for hydroxylation is 2. The Morgan fingerprint density at radius 2 is 1.66 bits per heavy atom. The van der Waals surface area contributed by atoms with Crippen LogP contribution in [0.25, 0.3) is 11.1 Å². The van der Waals surface area contributed by atoms with E-state index in [4.69, 9.17) is 4.98 Å². The lowest BCUT2D eigenvalue weighted by Crippen LogP contribution is -2.21. The van der Waals surface area contributed by atoms with Gasteiger partial charge in [-0.3, -0.25) is 0 Å². The van der Waals surface area contributed by atoms with Crippen LogP contribution in [0.3, 0.4) is 0 Å². The summed E-state index contributed by atoms with van der Waals surface area (Å²) in [6.45, 7) is 8.83. The second-order valence-electron chi connectivity index (χ2n) is 9.20. The first-order valence-corrected chi connectivity index (χ1v) is 14.1. The second-order valence-corrected chi connectivity index (χ2v) is 14.8. The van der Waals surface area contributed by atoms with Crippen molar-refractivity contribution >= 4 is 13.9 Å². The van der Waals surface area contributed by atoms with E-state index in [1.165, 1.54) is 12.8 Å². The molecule has 1 aliphatic rings. The van der Waals surface area contributed by atoms with Gasteiger partial charge < -0.3 is 5.32 Å². The number of hydrogen-bond donors (Lipinski definition) is 1. The number of benzene rings is 1. The Morgan fingerprint density at radius 3 is 2.21 bits per heavy atom. The van der Waals surface area contributed by atoms with Gasteiger partial charge in [0.05, 0.1) is 11.3 Å². The molecule has 0 atom stereocenters. The largest absolute Gasteiger partial charge is 0.416 e. The Labute approximate surface area is 172 Å². The van der Waals surface area contributed by atoms with Crippen LogP contribution < -0.4 is 5.32 Å². The van der Waals surface area contributed by atoms with Crippen LogP contribution in [0.2, 0.25) is 25.7 Å². The van der Waals surface area contributed by atoms with Gasteiger partial charge in [0.1, 0.15) is 11.6 Å². The van der Waals surface area contributed by atoms with E-state index in [1.807, 2.05) is 6.92 Å². The molecule has 29 heavy (non-hydrogen) atoms. The zero-order chi connectivity index (χ0) is 21.2. The van der Waals surface area contributed by atoms with Crippen molar-refractivity contribution in [1.82, 2.24) is 9.97 Å². The molecule has 0 amide bonds. The van der Waals surface area contributed by atoms with Gasteiger partial charge in [-0.2, -0.15) is 13.2 Å². The third-order valence-electron chi connectivity index (χ3n) is 5.40. The number of nitrogens with one attached hydrogen (secondary N) is 1. The predicted molar refractivity (Wildman–Crippen MR) is 115 cm³/mol. The Hall–Kier alpha value is -1.89. The highest BCUT2D eigenvalue weighted by molar-refractivity contribution is 6.76. The lowest BCUT2D eigenvalue weighted by Gasteiger charge is -2.21. The van der Waals surface area contributed by atoms with Gasteiger partial charge in [0.15, 0.2) is 0 Å². The fourth-order valence-electron chi connectivity index (χ4n) is 3.80. The van der Waals surface area contributed by atoms with Crippen molar-refractivity contribution in [2.75, 3.05) is 5.32 Å². The average molecular weight is 422 g/mol. The third kappa shape index (κ3) is 5.81. The van der Waals surface area contributed by atoms with E-state index in [2.05, 4.69) is 29.9 Å². The molecule has 7 heteroatoms. The molecule has 0 spiro atoms. The van der Waals surface area contributed by atoms with E-state index in [0.29, 0.717) is 11.9 Å². The number of alkyl halides is 3. The third-order valence-corrected chi connectivity index (χ3v) is 7.15. The Balaban J connectivity index is 2.04. The fraction of sp³-hybridized carbons (Fsp3) is 0.545. The highest BCUT2D eigenvalue weighted by Crippen LogP contribution is 2.36. The van der Waals surface area contributed by atoms with E-state index in [9.17, 15) is 13.2 Å². The normalized spacial score (nSPS) is 15.7. The Kier molecular flexibility index (Phi) is 6.36. The van der Waals surface area contributed by atoms with Crippen molar-refractivity contribution in [3.63, 3.8) is 0 Å². The minimum Gasteiger partial charge on any atom is -0.367 e. The van der Waals surface area contributed by atoms with Crippen LogP contribution in [0.5, 0.6) is 0 Å². The number of nitrogens with zero attached hydrogens (tertiary/aromatic N) is 2. The molecule has 0 saturated heterocycles. The highest BCUT2D eigenvalue weighted by atomic mass is 28.3. The summed E-state index contributed by atoms with van der Waals surface area (Å²) in [5.74, 6) is 1.46. The minimum absolute atomic E-state index is 0.363. The van der Waals surface area contributed by atoms with E-state index >= 15 is 0 Å². The molecule has 1 aromatic carbocycles. The van der Waals surface area contributed by atoms with Gasteiger partial charge in [0, 0.05) is 19.7 Å². The molecule has 1 saturated carbocycles. The van der Waals surface area contributed by atoms with E-state index in [1.54, 1.807) is 12.1 Å².